The Morgan fingerprint density at radius 3 is 0.812 bits per heavy atom. The summed E-state index contributed by atoms with van der Waals surface area (Å²) in [5.41, 5.74) is 0. The van der Waals surface area contributed by atoms with Crippen molar-refractivity contribution in [1.29, 1.82) is 0 Å². The quantitative estimate of drug-likeness (QED) is 0.285. The molecular weight excluding hydrogens is 414 g/mol. The first-order chi connectivity index (χ1) is 7.57. The molecule has 0 N–H and O–H groups in total. The average molecular weight is 444 g/mol. The van der Waals surface area contributed by atoms with Crippen LogP contribution in [0.25, 0.3) is 0 Å². The zero-order valence-electron chi connectivity index (χ0n) is 12.1. The Labute approximate surface area is 111 Å². The monoisotopic (exact) mass is 446 g/mol. The predicted octanol–water partition coefficient (Wildman–Crippen LogP) is 4.95. The molecule has 0 rings (SSSR count). The van der Waals surface area contributed by atoms with Gasteiger partial charge in [-0.15, -0.1) is 0 Å². The first kappa shape index (κ1) is 17.5. The number of rotatable bonds is 9. The van der Waals surface area contributed by atoms with Gasteiger partial charge in [0.05, 0.1) is 0 Å². The third kappa shape index (κ3) is 4.65. The molecule has 0 saturated heterocycles. The Bertz CT molecular complexity index is 141. The van der Waals surface area contributed by atoms with Gasteiger partial charge in [-0.25, -0.2) is 0 Å². The van der Waals surface area contributed by atoms with Crippen molar-refractivity contribution in [2.75, 3.05) is 0 Å². The maximum absolute atomic E-state index is 6.12. The maximum atomic E-state index is 6.12. The predicted molar refractivity (Wildman–Crippen MR) is 76.6 cm³/mol. The summed E-state index contributed by atoms with van der Waals surface area (Å²) in [4.78, 5) is 0. The van der Waals surface area contributed by atoms with E-state index in [0.717, 1.165) is 0 Å². The molecule has 2 nitrogen and oxygen atoms in total. The summed E-state index contributed by atoms with van der Waals surface area (Å²) in [6.45, 7) is 13.7. The molecule has 0 heterocycles. The summed E-state index contributed by atoms with van der Waals surface area (Å²) >= 11 is -4.63. The average Bonchev–Trinajstić information content (AvgIpc) is 2.37. The van der Waals surface area contributed by atoms with Crippen LogP contribution in [0.2, 0.25) is 26.6 Å². The molecule has 98 valence electrons. The van der Waals surface area contributed by atoms with E-state index in [9.17, 15) is 0 Å². The van der Waals surface area contributed by atoms with Crippen LogP contribution in [0, 0.1) is 0 Å². The molecule has 0 atom stereocenters. The molecule has 0 aromatic rings. The normalized spacial score (nSPS) is 13.1. The van der Waals surface area contributed by atoms with Crippen molar-refractivity contribution in [2.24, 2.45) is 0 Å². The molecule has 0 unspecified atom stereocenters. The number of hydrogen-bond donors (Lipinski definition) is 0. The Kier molecular flexibility index (Phi) is 9.40. The molecule has 0 aliphatic rings. The van der Waals surface area contributed by atoms with Gasteiger partial charge in [-0.3, -0.25) is 0 Å². The van der Waals surface area contributed by atoms with Crippen molar-refractivity contribution in [3.8, 4) is 0 Å². The summed E-state index contributed by atoms with van der Waals surface area (Å²) < 4.78 is 19.7. The SMILES string of the molecule is C[CH2][Sn]([CH2]C)([CH2]C)[O][O][Sn]([CH2]C)([CH2]C)[CH2]C. The van der Waals surface area contributed by atoms with Gasteiger partial charge >= 0.3 is 112 Å². The van der Waals surface area contributed by atoms with Crippen LogP contribution < -0.4 is 0 Å². The summed E-state index contributed by atoms with van der Waals surface area (Å²) in [5, 5.41) is 0. The molecule has 0 aromatic heterocycles. The van der Waals surface area contributed by atoms with Crippen LogP contribution >= 0.6 is 0 Å². The minimum atomic E-state index is -2.32. The zero-order chi connectivity index (χ0) is 12.7. The van der Waals surface area contributed by atoms with Crippen molar-refractivity contribution >= 4 is 37.6 Å². The van der Waals surface area contributed by atoms with E-state index in [2.05, 4.69) is 41.5 Å². The second-order valence-electron chi connectivity index (χ2n) is 4.65. The summed E-state index contributed by atoms with van der Waals surface area (Å²) in [7, 11) is 0. The molecule has 0 spiro atoms. The fraction of sp³-hybridized carbons (Fsp3) is 1.00. The first-order valence-corrected chi connectivity index (χ1v) is 21.4. The molecule has 0 amide bonds. The van der Waals surface area contributed by atoms with Crippen molar-refractivity contribution in [2.45, 2.75) is 68.2 Å². The molecule has 0 saturated carbocycles. The Hall–Kier alpha value is 1.52. The van der Waals surface area contributed by atoms with Gasteiger partial charge in [-0.05, 0) is 0 Å². The van der Waals surface area contributed by atoms with Crippen molar-refractivity contribution in [1.82, 2.24) is 0 Å². The molecule has 16 heavy (non-hydrogen) atoms. The van der Waals surface area contributed by atoms with Gasteiger partial charge in [-0.1, -0.05) is 0 Å². The van der Waals surface area contributed by atoms with Gasteiger partial charge in [0.2, 0.25) is 0 Å². The summed E-state index contributed by atoms with van der Waals surface area (Å²) in [6.07, 6.45) is 0. The van der Waals surface area contributed by atoms with Crippen LogP contribution in [0.1, 0.15) is 41.5 Å². The van der Waals surface area contributed by atoms with E-state index in [4.69, 9.17) is 6.45 Å². The van der Waals surface area contributed by atoms with E-state index in [-0.39, 0.29) is 0 Å². The van der Waals surface area contributed by atoms with Gasteiger partial charge in [0, 0.05) is 0 Å². The number of hydrogen-bond acceptors (Lipinski definition) is 2. The molecule has 0 aromatic carbocycles. The van der Waals surface area contributed by atoms with Crippen molar-refractivity contribution in [3.05, 3.63) is 0 Å². The van der Waals surface area contributed by atoms with E-state index in [1.807, 2.05) is 0 Å². The van der Waals surface area contributed by atoms with Gasteiger partial charge in [0.15, 0.2) is 0 Å². The Morgan fingerprint density at radius 1 is 0.500 bits per heavy atom. The molecule has 0 fully saturated rings. The van der Waals surface area contributed by atoms with E-state index in [1.54, 1.807) is 0 Å². The van der Waals surface area contributed by atoms with E-state index in [1.165, 1.54) is 26.6 Å². The van der Waals surface area contributed by atoms with Gasteiger partial charge in [-0.2, -0.15) is 0 Å². The third-order valence-electron chi connectivity index (χ3n) is 4.26. The summed E-state index contributed by atoms with van der Waals surface area (Å²) in [5.74, 6) is 0. The molecule has 0 radical (unpaired) electrons. The van der Waals surface area contributed by atoms with Crippen molar-refractivity contribution < 1.29 is 6.45 Å². The van der Waals surface area contributed by atoms with Gasteiger partial charge in [0.25, 0.3) is 0 Å². The third-order valence-corrected chi connectivity index (χ3v) is 30.2. The van der Waals surface area contributed by atoms with Crippen LogP contribution in [0.5, 0.6) is 0 Å². The van der Waals surface area contributed by atoms with Gasteiger partial charge < -0.3 is 0 Å². The molecule has 0 aliphatic carbocycles. The molecule has 0 aliphatic heterocycles. The van der Waals surface area contributed by atoms with Gasteiger partial charge in [0.1, 0.15) is 0 Å². The summed E-state index contributed by atoms with van der Waals surface area (Å²) in [6, 6.07) is 0. The van der Waals surface area contributed by atoms with Crippen molar-refractivity contribution in [3.63, 3.8) is 0 Å². The minimum absolute atomic E-state index is 1.25. The fourth-order valence-electron chi connectivity index (χ4n) is 2.03. The van der Waals surface area contributed by atoms with Crippen LogP contribution in [0.15, 0.2) is 0 Å². The van der Waals surface area contributed by atoms with E-state index < -0.39 is 37.6 Å². The topological polar surface area (TPSA) is 18.5 Å². The van der Waals surface area contributed by atoms with E-state index >= 15 is 0 Å². The Balaban J connectivity index is 4.48. The van der Waals surface area contributed by atoms with Crippen LogP contribution in [-0.4, -0.2) is 37.6 Å². The molecule has 4 heteroatoms. The second kappa shape index (κ2) is 8.59. The molecule has 0 bridgehead atoms. The van der Waals surface area contributed by atoms with E-state index in [0.29, 0.717) is 0 Å². The van der Waals surface area contributed by atoms with Crippen LogP contribution in [0.4, 0.5) is 0 Å². The fourth-order valence-corrected chi connectivity index (χ4v) is 20.4. The second-order valence-corrected chi connectivity index (χ2v) is 31.2. The van der Waals surface area contributed by atoms with Crippen LogP contribution in [0.3, 0.4) is 0 Å². The molecular formula is C12H30O2Sn2. The van der Waals surface area contributed by atoms with Crippen LogP contribution in [-0.2, 0) is 6.45 Å². The Morgan fingerprint density at radius 2 is 0.688 bits per heavy atom. The zero-order valence-corrected chi connectivity index (χ0v) is 17.8. The standard InChI is InChI=1S/6C2H5.O2.2Sn/c7*1-2;;/h6*1H2,2H3;;;/q;;;;;;-2;2*+1. The first-order valence-electron chi connectivity index (χ1n) is 6.94.